The van der Waals surface area contributed by atoms with Crippen LogP contribution in [0.5, 0.6) is 0 Å². The Hall–Kier alpha value is -2.62. The van der Waals surface area contributed by atoms with E-state index in [9.17, 15) is 4.79 Å². The number of benzene rings is 2. The van der Waals surface area contributed by atoms with Gasteiger partial charge in [-0.15, -0.1) is 5.10 Å². The molecular formula is C15H12N2O2. The lowest BCUT2D eigenvalue weighted by Crippen LogP contribution is -2.12. The van der Waals surface area contributed by atoms with Gasteiger partial charge >= 0.3 is 5.76 Å². The Morgan fingerprint density at radius 2 is 1.68 bits per heavy atom. The molecule has 0 saturated heterocycles. The van der Waals surface area contributed by atoms with Crippen LogP contribution in [0.4, 0.5) is 0 Å². The summed E-state index contributed by atoms with van der Waals surface area (Å²) in [4.78, 5) is 11.9. The van der Waals surface area contributed by atoms with E-state index in [0.29, 0.717) is 11.6 Å². The highest BCUT2D eigenvalue weighted by Gasteiger charge is 2.12. The van der Waals surface area contributed by atoms with Gasteiger partial charge in [0, 0.05) is 5.56 Å². The molecule has 3 rings (SSSR count). The van der Waals surface area contributed by atoms with Gasteiger partial charge in [0.25, 0.3) is 0 Å². The van der Waals surface area contributed by atoms with Gasteiger partial charge in [0.2, 0.25) is 5.89 Å². The van der Waals surface area contributed by atoms with Crippen LogP contribution in [0.25, 0.3) is 17.1 Å². The Bertz CT molecular complexity index is 757. The lowest BCUT2D eigenvalue weighted by Gasteiger charge is -1.99. The second-order valence-corrected chi connectivity index (χ2v) is 4.24. The van der Waals surface area contributed by atoms with E-state index in [1.165, 1.54) is 4.68 Å². The summed E-state index contributed by atoms with van der Waals surface area (Å²) in [5.74, 6) is -0.142. The molecule has 3 aromatic rings. The molecule has 2 aromatic carbocycles. The zero-order valence-corrected chi connectivity index (χ0v) is 10.4. The number of rotatable bonds is 2. The van der Waals surface area contributed by atoms with Crippen LogP contribution in [-0.4, -0.2) is 9.78 Å². The molecule has 0 fully saturated rings. The maximum atomic E-state index is 11.9. The summed E-state index contributed by atoms with van der Waals surface area (Å²) in [6, 6.07) is 16.9. The molecule has 0 bridgehead atoms. The fraction of sp³-hybridized carbons (Fsp3) is 0.0667. The number of aryl methyl sites for hydroxylation is 1. The average Bonchev–Trinajstić information content (AvgIpc) is 2.82. The summed E-state index contributed by atoms with van der Waals surface area (Å²) in [7, 11) is 0. The second kappa shape index (κ2) is 4.57. The molecule has 0 atom stereocenters. The van der Waals surface area contributed by atoms with E-state index in [0.717, 1.165) is 11.1 Å². The summed E-state index contributed by atoms with van der Waals surface area (Å²) < 4.78 is 6.50. The molecule has 1 aromatic heterocycles. The van der Waals surface area contributed by atoms with Gasteiger partial charge < -0.3 is 4.42 Å². The lowest BCUT2D eigenvalue weighted by atomic mass is 10.1. The number of hydrogen-bond acceptors (Lipinski definition) is 3. The quantitative estimate of drug-likeness (QED) is 0.704. The third kappa shape index (κ3) is 2.08. The molecule has 0 radical (unpaired) electrons. The zero-order chi connectivity index (χ0) is 13.2. The summed E-state index contributed by atoms with van der Waals surface area (Å²) in [5, 5.41) is 4.25. The van der Waals surface area contributed by atoms with Crippen molar-refractivity contribution in [2.75, 3.05) is 0 Å². The summed E-state index contributed by atoms with van der Waals surface area (Å²) >= 11 is 0. The Balaban J connectivity index is 2.13. The van der Waals surface area contributed by atoms with Crippen molar-refractivity contribution in [2.24, 2.45) is 0 Å². The highest BCUT2D eigenvalue weighted by atomic mass is 16.4. The molecule has 0 N–H and O–H groups in total. The molecule has 0 spiro atoms. The Morgan fingerprint density at radius 1 is 1.00 bits per heavy atom. The van der Waals surface area contributed by atoms with Crippen molar-refractivity contribution in [3.05, 3.63) is 70.7 Å². The van der Waals surface area contributed by atoms with Crippen LogP contribution in [-0.2, 0) is 0 Å². The predicted molar refractivity (Wildman–Crippen MR) is 72.3 cm³/mol. The van der Waals surface area contributed by atoms with Crippen molar-refractivity contribution < 1.29 is 4.42 Å². The van der Waals surface area contributed by atoms with Crippen LogP contribution in [0.1, 0.15) is 5.56 Å². The predicted octanol–water partition coefficient (Wildman–Crippen LogP) is 2.80. The van der Waals surface area contributed by atoms with Gasteiger partial charge in [-0.05, 0) is 30.7 Å². The number of para-hydroxylation sites is 1. The minimum atomic E-state index is -0.482. The first-order chi connectivity index (χ1) is 9.25. The van der Waals surface area contributed by atoms with Gasteiger partial charge in [0.05, 0.1) is 5.69 Å². The van der Waals surface area contributed by atoms with Crippen molar-refractivity contribution in [2.45, 2.75) is 6.92 Å². The molecule has 0 aliphatic rings. The third-order valence-electron chi connectivity index (χ3n) is 2.92. The van der Waals surface area contributed by atoms with Crippen molar-refractivity contribution >= 4 is 0 Å². The zero-order valence-electron chi connectivity index (χ0n) is 10.4. The molecule has 4 nitrogen and oxygen atoms in total. The van der Waals surface area contributed by atoms with E-state index < -0.39 is 5.76 Å². The molecule has 94 valence electrons. The largest absolute Gasteiger partial charge is 0.442 e. The standard InChI is InChI=1S/C15H12N2O2/c1-11-7-5-6-10-13(11)14-16-17(15(18)19-14)12-8-3-2-4-9-12/h2-10H,1H3. The van der Waals surface area contributed by atoms with Crippen LogP contribution in [0.15, 0.2) is 63.8 Å². The van der Waals surface area contributed by atoms with Gasteiger partial charge in [-0.1, -0.05) is 36.4 Å². The van der Waals surface area contributed by atoms with Crippen LogP contribution in [0, 0.1) is 6.92 Å². The molecule has 4 heteroatoms. The lowest BCUT2D eigenvalue weighted by molar-refractivity contribution is 0.516. The first-order valence-electron chi connectivity index (χ1n) is 5.97. The van der Waals surface area contributed by atoms with Crippen molar-refractivity contribution in [3.63, 3.8) is 0 Å². The summed E-state index contributed by atoms with van der Waals surface area (Å²) in [6.07, 6.45) is 0. The highest BCUT2D eigenvalue weighted by molar-refractivity contribution is 5.57. The van der Waals surface area contributed by atoms with E-state index in [2.05, 4.69) is 5.10 Å². The number of aromatic nitrogens is 2. The van der Waals surface area contributed by atoms with E-state index in [1.807, 2.05) is 61.5 Å². The minimum Gasteiger partial charge on any atom is -0.387 e. The first kappa shape index (κ1) is 11.5. The van der Waals surface area contributed by atoms with E-state index in [4.69, 9.17) is 4.42 Å². The maximum Gasteiger partial charge on any atom is 0.442 e. The SMILES string of the molecule is Cc1ccccc1-c1nn(-c2ccccc2)c(=O)o1. The third-order valence-corrected chi connectivity index (χ3v) is 2.92. The molecule has 0 aliphatic carbocycles. The fourth-order valence-electron chi connectivity index (χ4n) is 1.93. The smallest absolute Gasteiger partial charge is 0.387 e. The second-order valence-electron chi connectivity index (χ2n) is 4.24. The van der Waals surface area contributed by atoms with Gasteiger partial charge in [-0.2, -0.15) is 4.68 Å². The van der Waals surface area contributed by atoms with Crippen molar-refractivity contribution in [3.8, 4) is 17.1 Å². The van der Waals surface area contributed by atoms with E-state index in [1.54, 1.807) is 0 Å². The summed E-state index contributed by atoms with van der Waals surface area (Å²) in [6.45, 7) is 1.96. The molecule has 0 saturated carbocycles. The van der Waals surface area contributed by atoms with Crippen LogP contribution >= 0.6 is 0 Å². The van der Waals surface area contributed by atoms with Crippen molar-refractivity contribution in [1.82, 2.24) is 9.78 Å². The topological polar surface area (TPSA) is 48.0 Å². The molecule has 0 amide bonds. The minimum absolute atomic E-state index is 0.340. The van der Waals surface area contributed by atoms with Gasteiger partial charge in [0.15, 0.2) is 0 Å². The Kier molecular flexibility index (Phi) is 2.76. The summed E-state index contributed by atoms with van der Waals surface area (Å²) in [5.41, 5.74) is 2.54. The number of nitrogens with zero attached hydrogens (tertiary/aromatic N) is 2. The van der Waals surface area contributed by atoms with Crippen LogP contribution < -0.4 is 5.76 Å². The fourth-order valence-corrected chi connectivity index (χ4v) is 1.93. The normalized spacial score (nSPS) is 10.6. The van der Waals surface area contributed by atoms with Gasteiger partial charge in [0.1, 0.15) is 0 Å². The van der Waals surface area contributed by atoms with Gasteiger partial charge in [-0.3, -0.25) is 0 Å². The van der Waals surface area contributed by atoms with E-state index in [-0.39, 0.29) is 0 Å². The van der Waals surface area contributed by atoms with Gasteiger partial charge in [-0.25, -0.2) is 4.79 Å². The van der Waals surface area contributed by atoms with Crippen LogP contribution in [0.3, 0.4) is 0 Å². The molecular weight excluding hydrogens is 240 g/mol. The van der Waals surface area contributed by atoms with Crippen molar-refractivity contribution in [1.29, 1.82) is 0 Å². The molecule has 0 unspecified atom stereocenters. The highest BCUT2D eigenvalue weighted by Crippen LogP contribution is 2.20. The maximum absolute atomic E-state index is 11.9. The van der Waals surface area contributed by atoms with E-state index >= 15 is 0 Å². The molecule has 0 aliphatic heterocycles. The number of hydrogen-bond donors (Lipinski definition) is 0. The Labute approximate surface area is 109 Å². The van der Waals surface area contributed by atoms with Crippen LogP contribution in [0.2, 0.25) is 0 Å². The molecule has 1 heterocycles. The average molecular weight is 252 g/mol. The first-order valence-corrected chi connectivity index (χ1v) is 5.97. The monoisotopic (exact) mass is 252 g/mol. The molecule has 19 heavy (non-hydrogen) atoms. The Morgan fingerprint density at radius 3 is 2.42 bits per heavy atom.